The van der Waals surface area contributed by atoms with Crippen molar-refractivity contribution in [2.45, 2.75) is 64.5 Å². The number of hydrogen-bond donors (Lipinski definition) is 2. The lowest BCUT2D eigenvalue weighted by Gasteiger charge is -2.30. The van der Waals surface area contributed by atoms with Crippen molar-refractivity contribution in [1.29, 1.82) is 0 Å². The Morgan fingerprint density at radius 1 is 1.32 bits per heavy atom. The van der Waals surface area contributed by atoms with Crippen LogP contribution in [0.5, 0.6) is 0 Å². The van der Waals surface area contributed by atoms with Crippen molar-refractivity contribution < 1.29 is 9.53 Å². The van der Waals surface area contributed by atoms with Crippen molar-refractivity contribution in [2.75, 3.05) is 13.2 Å². The highest BCUT2D eigenvalue weighted by molar-refractivity contribution is 5.85. The Balaban J connectivity index is 0.00000324. The number of amides is 1. The van der Waals surface area contributed by atoms with Gasteiger partial charge in [0.1, 0.15) is 0 Å². The number of carbonyl (C=O) groups excluding carboxylic acids is 1. The topological polar surface area (TPSA) is 64.3 Å². The average Bonchev–Trinajstić information content (AvgIpc) is 2.36. The van der Waals surface area contributed by atoms with Crippen molar-refractivity contribution >= 4 is 18.3 Å². The van der Waals surface area contributed by atoms with Crippen LogP contribution in [-0.2, 0) is 9.53 Å². The van der Waals surface area contributed by atoms with Crippen molar-refractivity contribution in [3.8, 4) is 0 Å². The van der Waals surface area contributed by atoms with Crippen LogP contribution in [-0.4, -0.2) is 31.2 Å². The molecule has 19 heavy (non-hydrogen) atoms. The monoisotopic (exact) mass is 292 g/mol. The summed E-state index contributed by atoms with van der Waals surface area (Å²) in [6.45, 7) is 4.98. The fraction of sp³-hybridized carbons (Fsp3) is 0.929. The first kappa shape index (κ1) is 18.7. The molecule has 1 atom stereocenters. The molecule has 1 unspecified atom stereocenters. The molecule has 1 amide bonds. The number of nitrogens with one attached hydrogen (secondary N) is 1. The lowest BCUT2D eigenvalue weighted by Crippen LogP contribution is -2.46. The van der Waals surface area contributed by atoms with Gasteiger partial charge in [0.15, 0.2) is 0 Å². The molecule has 4 nitrogen and oxygen atoms in total. The first-order chi connectivity index (χ1) is 8.63. The Labute approximate surface area is 123 Å². The van der Waals surface area contributed by atoms with Crippen LogP contribution in [0.4, 0.5) is 0 Å². The van der Waals surface area contributed by atoms with E-state index in [1.807, 2.05) is 13.8 Å². The van der Waals surface area contributed by atoms with Crippen LogP contribution in [0.25, 0.3) is 0 Å². The quantitative estimate of drug-likeness (QED) is 0.756. The van der Waals surface area contributed by atoms with E-state index in [0.29, 0.717) is 25.5 Å². The summed E-state index contributed by atoms with van der Waals surface area (Å²) in [4.78, 5) is 11.8. The minimum Gasteiger partial charge on any atom is -0.378 e. The fourth-order valence-corrected chi connectivity index (χ4v) is 2.57. The summed E-state index contributed by atoms with van der Waals surface area (Å²) in [6, 6.07) is 0.150. The first-order valence-electron chi connectivity index (χ1n) is 7.24. The Bertz CT molecular complexity index is 244. The summed E-state index contributed by atoms with van der Waals surface area (Å²) >= 11 is 0. The molecular formula is C14H29ClN2O2. The van der Waals surface area contributed by atoms with Gasteiger partial charge < -0.3 is 15.8 Å². The third kappa shape index (κ3) is 7.75. The number of rotatable bonds is 7. The molecule has 5 heteroatoms. The Morgan fingerprint density at radius 3 is 2.47 bits per heavy atom. The molecule has 1 fully saturated rings. The van der Waals surface area contributed by atoms with E-state index in [1.165, 1.54) is 32.1 Å². The second-order valence-electron chi connectivity index (χ2n) is 5.48. The number of hydrogen-bond acceptors (Lipinski definition) is 3. The molecule has 0 aromatic rings. The highest BCUT2D eigenvalue weighted by atomic mass is 35.5. The lowest BCUT2D eigenvalue weighted by atomic mass is 9.84. The molecule has 0 aromatic carbocycles. The van der Waals surface area contributed by atoms with Gasteiger partial charge in [-0.1, -0.05) is 19.3 Å². The highest BCUT2D eigenvalue weighted by Crippen LogP contribution is 2.26. The molecule has 1 aliphatic rings. The number of ether oxygens (including phenoxy) is 1. The van der Waals surface area contributed by atoms with Gasteiger partial charge in [-0.05, 0) is 32.6 Å². The summed E-state index contributed by atoms with van der Waals surface area (Å²) < 4.78 is 5.38. The SMILES string of the molecule is CC(C)OCCC(=O)NC(CN)C1CCCCC1.Cl. The maximum Gasteiger partial charge on any atom is 0.222 e. The molecular weight excluding hydrogens is 264 g/mol. The predicted octanol–water partition coefficient (Wildman–Crippen LogP) is 2.25. The van der Waals surface area contributed by atoms with Gasteiger partial charge in [0.2, 0.25) is 5.91 Å². The van der Waals surface area contributed by atoms with Crippen LogP contribution < -0.4 is 11.1 Å². The van der Waals surface area contributed by atoms with Crippen LogP contribution in [0.3, 0.4) is 0 Å². The summed E-state index contributed by atoms with van der Waals surface area (Å²) in [7, 11) is 0. The van der Waals surface area contributed by atoms with Gasteiger partial charge in [-0.15, -0.1) is 12.4 Å². The van der Waals surface area contributed by atoms with E-state index in [9.17, 15) is 4.79 Å². The molecule has 0 heterocycles. The molecule has 0 aromatic heterocycles. The Hall–Kier alpha value is -0.320. The largest absolute Gasteiger partial charge is 0.378 e. The smallest absolute Gasteiger partial charge is 0.222 e. The molecule has 1 saturated carbocycles. The summed E-state index contributed by atoms with van der Waals surface area (Å²) in [5.41, 5.74) is 5.78. The summed E-state index contributed by atoms with van der Waals surface area (Å²) in [6.07, 6.45) is 6.88. The van der Waals surface area contributed by atoms with Gasteiger partial charge in [-0.3, -0.25) is 4.79 Å². The molecule has 1 rings (SSSR count). The van der Waals surface area contributed by atoms with E-state index in [2.05, 4.69) is 5.32 Å². The minimum atomic E-state index is 0. The summed E-state index contributed by atoms with van der Waals surface area (Å²) in [5.74, 6) is 0.635. The Kier molecular flexibility index (Phi) is 10.3. The van der Waals surface area contributed by atoms with E-state index in [1.54, 1.807) is 0 Å². The molecule has 3 N–H and O–H groups in total. The second kappa shape index (κ2) is 10.5. The molecule has 0 aliphatic heterocycles. The molecule has 0 radical (unpaired) electrons. The van der Waals surface area contributed by atoms with Crippen LogP contribution in [0, 0.1) is 5.92 Å². The van der Waals surface area contributed by atoms with Gasteiger partial charge in [-0.25, -0.2) is 0 Å². The second-order valence-corrected chi connectivity index (χ2v) is 5.48. The zero-order valence-corrected chi connectivity index (χ0v) is 13.0. The highest BCUT2D eigenvalue weighted by Gasteiger charge is 2.23. The third-order valence-electron chi connectivity index (χ3n) is 3.60. The van der Waals surface area contributed by atoms with Crippen LogP contribution in [0.15, 0.2) is 0 Å². The maximum absolute atomic E-state index is 11.8. The zero-order chi connectivity index (χ0) is 13.4. The van der Waals surface area contributed by atoms with Crippen LogP contribution in [0.1, 0.15) is 52.4 Å². The number of carbonyl (C=O) groups is 1. The predicted molar refractivity (Wildman–Crippen MR) is 80.5 cm³/mol. The van der Waals surface area contributed by atoms with Gasteiger partial charge in [-0.2, -0.15) is 0 Å². The third-order valence-corrected chi connectivity index (χ3v) is 3.60. The van der Waals surface area contributed by atoms with Gasteiger partial charge in [0, 0.05) is 19.0 Å². The van der Waals surface area contributed by atoms with Crippen LogP contribution >= 0.6 is 12.4 Å². The summed E-state index contributed by atoms with van der Waals surface area (Å²) in [5, 5.41) is 3.07. The van der Waals surface area contributed by atoms with Gasteiger partial charge in [0.25, 0.3) is 0 Å². The molecule has 114 valence electrons. The van der Waals surface area contributed by atoms with Gasteiger partial charge in [0.05, 0.1) is 12.7 Å². The van der Waals surface area contributed by atoms with E-state index >= 15 is 0 Å². The average molecular weight is 293 g/mol. The minimum absolute atomic E-state index is 0. The molecule has 0 spiro atoms. The zero-order valence-electron chi connectivity index (χ0n) is 12.2. The number of halogens is 1. The fourth-order valence-electron chi connectivity index (χ4n) is 2.57. The van der Waals surface area contributed by atoms with E-state index in [4.69, 9.17) is 10.5 Å². The van der Waals surface area contributed by atoms with E-state index in [0.717, 1.165) is 0 Å². The molecule has 0 bridgehead atoms. The number of nitrogens with two attached hydrogens (primary N) is 1. The molecule has 0 saturated heterocycles. The van der Waals surface area contributed by atoms with Crippen molar-refractivity contribution in [2.24, 2.45) is 11.7 Å². The van der Waals surface area contributed by atoms with Crippen molar-refractivity contribution in [1.82, 2.24) is 5.32 Å². The van der Waals surface area contributed by atoms with Crippen molar-refractivity contribution in [3.05, 3.63) is 0 Å². The van der Waals surface area contributed by atoms with Crippen LogP contribution in [0.2, 0.25) is 0 Å². The van der Waals surface area contributed by atoms with E-state index < -0.39 is 0 Å². The maximum atomic E-state index is 11.8. The lowest BCUT2D eigenvalue weighted by molar-refractivity contribution is -0.123. The van der Waals surface area contributed by atoms with E-state index in [-0.39, 0.29) is 30.5 Å². The van der Waals surface area contributed by atoms with Gasteiger partial charge >= 0.3 is 0 Å². The first-order valence-corrected chi connectivity index (χ1v) is 7.24. The Morgan fingerprint density at radius 2 is 1.95 bits per heavy atom. The van der Waals surface area contributed by atoms with Crippen molar-refractivity contribution in [3.63, 3.8) is 0 Å². The standard InChI is InChI=1S/C14H28N2O2.ClH/c1-11(2)18-9-8-14(17)16-13(10-15)12-6-4-3-5-7-12;/h11-13H,3-10,15H2,1-2H3,(H,16,17);1H. The molecule has 1 aliphatic carbocycles. The normalized spacial score (nSPS) is 17.9.